The minimum absolute atomic E-state index is 0.0397. The monoisotopic (exact) mass is 324 g/mol. The van der Waals surface area contributed by atoms with Gasteiger partial charge in [0.2, 0.25) is 17.8 Å². The topological polar surface area (TPSA) is 75.2 Å². The predicted octanol–water partition coefficient (Wildman–Crippen LogP) is 2.39. The predicted molar refractivity (Wildman–Crippen MR) is 91.8 cm³/mol. The van der Waals surface area contributed by atoms with Crippen LogP contribution in [0.5, 0.6) is 0 Å². The van der Waals surface area contributed by atoms with E-state index in [9.17, 15) is 9.59 Å². The number of aryl methyl sites for hydroxylation is 3. The van der Waals surface area contributed by atoms with Crippen LogP contribution < -0.4 is 10.2 Å². The normalized spacial score (nSPS) is 17.2. The van der Waals surface area contributed by atoms with Crippen LogP contribution in [0.1, 0.15) is 23.4 Å². The number of hydrogen-bond acceptors (Lipinski definition) is 4. The summed E-state index contributed by atoms with van der Waals surface area (Å²) in [6.07, 6.45) is 0.199. The van der Waals surface area contributed by atoms with E-state index in [1.807, 2.05) is 51.1 Å². The third kappa shape index (κ3) is 3.42. The molecule has 1 fully saturated rings. The minimum atomic E-state index is -0.401. The lowest BCUT2D eigenvalue weighted by atomic mass is 10.1. The molecule has 1 atom stereocenters. The van der Waals surface area contributed by atoms with Crippen LogP contribution in [-0.4, -0.2) is 28.3 Å². The van der Waals surface area contributed by atoms with Crippen molar-refractivity contribution < 1.29 is 9.59 Å². The fourth-order valence-corrected chi connectivity index (χ4v) is 2.92. The van der Waals surface area contributed by atoms with Crippen molar-refractivity contribution in [1.29, 1.82) is 0 Å². The summed E-state index contributed by atoms with van der Waals surface area (Å²) in [5, 5.41) is 2.73. The number of nitrogens with one attached hydrogen (secondary N) is 1. The van der Waals surface area contributed by atoms with Gasteiger partial charge >= 0.3 is 0 Å². The average molecular weight is 324 g/mol. The first-order valence-electron chi connectivity index (χ1n) is 7.92. The molecule has 1 aliphatic rings. The zero-order valence-corrected chi connectivity index (χ0v) is 14.0. The third-order valence-corrected chi connectivity index (χ3v) is 4.03. The van der Waals surface area contributed by atoms with Gasteiger partial charge in [0.1, 0.15) is 0 Å². The Labute approximate surface area is 140 Å². The number of carbonyl (C=O) groups excluding carboxylic acids is 2. The summed E-state index contributed by atoms with van der Waals surface area (Å²) in [5.41, 5.74) is 3.50. The number of nitrogens with zero attached hydrogens (tertiary/aromatic N) is 3. The Bertz CT molecular complexity index is 783. The van der Waals surface area contributed by atoms with Crippen LogP contribution in [0, 0.1) is 26.7 Å². The molecular weight excluding hydrogens is 304 g/mol. The molecule has 1 saturated heterocycles. The maximum Gasteiger partial charge on any atom is 0.232 e. The first-order chi connectivity index (χ1) is 11.4. The second kappa shape index (κ2) is 6.39. The van der Waals surface area contributed by atoms with Crippen molar-refractivity contribution in [1.82, 2.24) is 9.97 Å². The Morgan fingerprint density at radius 3 is 2.54 bits per heavy atom. The number of rotatable bonds is 3. The van der Waals surface area contributed by atoms with E-state index in [1.165, 1.54) is 0 Å². The summed E-state index contributed by atoms with van der Waals surface area (Å²) in [6.45, 7) is 6.05. The number of carbonyl (C=O) groups is 2. The summed E-state index contributed by atoms with van der Waals surface area (Å²) < 4.78 is 0. The molecule has 2 amide bonds. The number of hydrogen-bond donors (Lipinski definition) is 1. The van der Waals surface area contributed by atoms with Gasteiger partial charge in [-0.3, -0.25) is 14.9 Å². The molecule has 0 radical (unpaired) electrons. The molecule has 0 bridgehead atoms. The lowest BCUT2D eigenvalue weighted by molar-refractivity contribution is -0.122. The molecule has 2 aromatic rings. The first kappa shape index (κ1) is 16.1. The Hall–Kier alpha value is -2.76. The zero-order chi connectivity index (χ0) is 17.3. The SMILES string of the molecule is Cc1cccc(N2C[C@@H](C(=O)Nc3nc(C)cc(C)n3)CC2=O)c1. The highest BCUT2D eigenvalue weighted by molar-refractivity contribution is 6.03. The molecule has 6 nitrogen and oxygen atoms in total. The maximum atomic E-state index is 12.5. The molecule has 3 rings (SSSR count). The number of anilines is 2. The largest absolute Gasteiger partial charge is 0.312 e. The van der Waals surface area contributed by atoms with Gasteiger partial charge in [-0.25, -0.2) is 9.97 Å². The molecule has 1 aliphatic heterocycles. The highest BCUT2D eigenvalue weighted by Gasteiger charge is 2.35. The van der Waals surface area contributed by atoms with E-state index in [-0.39, 0.29) is 18.2 Å². The van der Waals surface area contributed by atoms with E-state index in [4.69, 9.17) is 0 Å². The number of aromatic nitrogens is 2. The van der Waals surface area contributed by atoms with Gasteiger partial charge in [0.05, 0.1) is 5.92 Å². The van der Waals surface area contributed by atoms with E-state index < -0.39 is 5.92 Å². The smallest absolute Gasteiger partial charge is 0.232 e. The van der Waals surface area contributed by atoms with Crippen molar-refractivity contribution in [2.45, 2.75) is 27.2 Å². The molecule has 1 N–H and O–H groups in total. The Morgan fingerprint density at radius 2 is 1.88 bits per heavy atom. The average Bonchev–Trinajstić information content (AvgIpc) is 2.88. The van der Waals surface area contributed by atoms with Gasteiger partial charge in [0, 0.05) is 30.0 Å². The van der Waals surface area contributed by atoms with Gasteiger partial charge in [-0.1, -0.05) is 12.1 Å². The molecule has 1 aromatic carbocycles. The van der Waals surface area contributed by atoms with Crippen LogP contribution >= 0.6 is 0 Å². The maximum absolute atomic E-state index is 12.5. The zero-order valence-electron chi connectivity index (χ0n) is 14.0. The van der Waals surface area contributed by atoms with E-state index in [0.717, 1.165) is 22.6 Å². The van der Waals surface area contributed by atoms with Crippen molar-refractivity contribution >= 4 is 23.5 Å². The molecule has 24 heavy (non-hydrogen) atoms. The number of amides is 2. The highest BCUT2D eigenvalue weighted by Crippen LogP contribution is 2.26. The van der Waals surface area contributed by atoms with Crippen molar-refractivity contribution in [3.05, 3.63) is 47.3 Å². The van der Waals surface area contributed by atoms with Crippen LogP contribution in [0.3, 0.4) is 0 Å². The minimum Gasteiger partial charge on any atom is -0.312 e. The molecule has 6 heteroatoms. The van der Waals surface area contributed by atoms with Crippen molar-refractivity contribution in [2.24, 2.45) is 5.92 Å². The molecule has 0 unspecified atom stereocenters. The van der Waals surface area contributed by atoms with Gasteiger partial charge in [0.15, 0.2) is 0 Å². The lowest BCUT2D eigenvalue weighted by Crippen LogP contribution is -2.28. The van der Waals surface area contributed by atoms with E-state index >= 15 is 0 Å². The first-order valence-corrected chi connectivity index (χ1v) is 7.92. The second-order valence-corrected chi connectivity index (χ2v) is 6.21. The standard InChI is InChI=1S/C18H20N4O2/c1-11-5-4-6-15(7-11)22-10-14(9-16(22)23)17(24)21-18-19-12(2)8-13(3)20-18/h4-8,14H,9-10H2,1-3H3,(H,19,20,21,24)/t14-/m0/s1. The van der Waals surface area contributed by atoms with Crippen LogP contribution in [0.25, 0.3) is 0 Å². The van der Waals surface area contributed by atoms with Crippen LogP contribution in [0.15, 0.2) is 30.3 Å². The summed E-state index contributed by atoms with van der Waals surface area (Å²) in [7, 11) is 0. The van der Waals surface area contributed by atoms with Gasteiger partial charge in [-0.2, -0.15) is 0 Å². The van der Waals surface area contributed by atoms with Gasteiger partial charge in [-0.15, -0.1) is 0 Å². The van der Waals surface area contributed by atoms with Crippen LogP contribution in [0.4, 0.5) is 11.6 Å². The molecule has 2 heterocycles. The summed E-state index contributed by atoms with van der Waals surface area (Å²) in [6, 6.07) is 9.57. The fraction of sp³-hybridized carbons (Fsp3) is 0.333. The van der Waals surface area contributed by atoms with Crippen LogP contribution in [0.2, 0.25) is 0 Å². The molecule has 1 aromatic heterocycles. The summed E-state index contributed by atoms with van der Waals surface area (Å²) in [4.78, 5) is 34.8. The van der Waals surface area contributed by atoms with Gasteiger partial charge in [-0.05, 0) is 44.5 Å². The van der Waals surface area contributed by atoms with Crippen molar-refractivity contribution in [3.63, 3.8) is 0 Å². The Balaban J connectivity index is 1.72. The Kier molecular flexibility index (Phi) is 4.29. The molecule has 0 saturated carbocycles. The van der Waals surface area contributed by atoms with E-state index in [0.29, 0.717) is 12.5 Å². The summed E-state index contributed by atoms with van der Waals surface area (Å²) >= 11 is 0. The van der Waals surface area contributed by atoms with Crippen molar-refractivity contribution in [3.8, 4) is 0 Å². The van der Waals surface area contributed by atoms with Crippen molar-refractivity contribution in [2.75, 3.05) is 16.8 Å². The molecule has 0 spiro atoms. The molecule has 124 valence electrons. The van der Waals surface area contributed by atoms with E-state index in [2.05, 4.69) is 15.3 Å². The fourth-order valence-electron chi connectivity index (χ4n) is 2.92. The summed E-state index contributed by atoms with van der Waals surface area (Å²) in [5.74, 6) is -0.369. The van der Waals surface area contributed by atoms with Gasteiger partial charge in [0.25, 0.3) is 0 Å². The second-order valence-electron chi connectivity index (χ2n) is 6.21. The molecular formula is C18H20N4O2. The Morgan fingerprint density at radius 1 is 1.17 bits per heavy atom. The third-order valence-electron chi connectivity index (χ3n) is 4.03. The molecule has 0 aliphatic carbocycles. The number of benzene rings is 1. The van der Waals surface area contributed by atoms with Crippen LogP contribution in [-0.2, 0) is 9.59 Å². The van der Waals surface area contributed by atoms with Gasteiger partial charge < -0.3 is 4.90 Å². The van der Waals surface area contributed by atoms with E-state index in [1.54, 1.807) is 4.90 Å². The highest BCUT2D eigenvalue weighted by atomic mass is 16.2. The lowest BCUT2D eigenvalue weighted by Gasteiger charge is -2.17. The quantitative estimate of drug-likeness (QED) is 0.940.